The normalized spacial score (nSPS) is 27.8. The highest BCUT2D eigenvalue weighted by Gasteiger charge is 2.25. The third-order valence-corrected chi connectivity index (χ3v) is 3.58. The lowest BCUT2D eigenvalue weighted by Crippen LogP contribution is -2.28. The van der Waals surface area contributed by atoms with Crippen molar-refractivity contribution in [2.45, 2.75) is 39.2 Å². The van der Waals surface area contributed by atoms with E-state index in [4.69, 9.17) is 15.2 Å². The van der Waals surface area contributed by atoms with E-state index in [9.17, 15) is 0 Å². The molecule has 100 valence electrons. The topological polar surface area (TPSA) is 44.5 Å². The number of anilines is 1. The minimum atomic E-state index is 0.301. The second kappa shape index (κ2) is 5.51. The highest BCUT2D eigenvalue weighted by Crippen LogP contribution is 2.33. The number of hydrogen-bond acceptors (Lipinski definition) is 3. The van der Waals surface area contributed by atoms with Crippen LogP contribution in [0.3, 0.4) is 0 Å². The summed E-state index contributed by atoms with van der Waals surface area (Å²) >= 11 is 0. The number of nitrogen functional groups attached to an aromatic ring is 1. The third kappa shape index (κ3) is 3.31. The molecule has 2 unspecified atom stereocenters. The molecule has 1 aliphatic carbocycles. The van der Waals surface area contributed by atoms with Gasteiger partial charge in [0, 0.05) is 23.9 Å². The molecule has 1 aromatic rings. The Hall–Kier alpha value is -1.38. The molecule has 0 bridgehead atoms. The SMILES string of the molecule is COc1cc(N)cc(OC2CC(C)CC(C)C2)c1. The summed E-state index contributed by atoms with van der Waals surface area (Å²) in [5, 5.41) is 0. The number of ether oxygens (including phenoxy) is 2. The van der Waals surface area contributed by atoms with E-state index in [1.54, 1.807) is 13.2 Å². The highest BCUT2D eigenvalue weighted by atomic mass is 16.5. The van der Waals surface area contributed by atoms with Gasteiger partial charge >= 0.3 is 0 Å². The molecule has 3 heteroatoms. The van der Waals surface area contributed by atoms with Gasteiger partial charge in [0.25, 0.3) is 0 Å². The Bertz CT molecular complexity index is 395. The smallest absolute Gasteiger partial charge is 0.125 e. The largest absolute Gasteiger partial charge is 0.497 e. The fourth-order valence-corrected chi connectivity index (χ4v) is 2.94. The molecule has 0 aliphatic heterocycles. The Morgan fingerprint density at radius 1 is 1.00 bits per heavy atom. The molecule has 1 fully saturated rings. The van der Waals surface area contributed by atoms with Gasteiger partial charge in [-0.15, -0.1) is 0 Å². The van der Waals surface area contributed by atoms with Gasteiger partial charge in [-0.05, 0) is 31.1 Å². The first-order chi connectivity index (χ1) is 8.56. The predicted molar refractivity (Wildman–Crippen MR) is 74.0 cm³/mol. The Kier molecular flexibility index (Phi) is 4.00. The Labute approximate surface area is 109 Å². The van der Waals surface area contributed by atoms with Crippen LogP contribution < -0.4 is 15.2 Å². The molecule has 0 amide bonds. The van der Waals surface area contributed by atoms with E-state index in [0.29, 0.717) is 11.8 Å². The van der Waals surface area contributed by atoms with Gasteiger partial charge in [-0.25, -0.2) is 0 Å². The molecule has 2 rings (SSSR count). The number of methoxy groups -OCH3 is 1. The second-order valence-electron chi connectivity index (χ2n) is 5.60. The van der Waals surface area contributed by atoms with Crippen LogP contribution >= 0.6 is 0 Å². The predicted octanol–water partition coefficient (Wildman–Crippen LogP) is 3.48. The maximum Gasteiger partial charge on any atom is 0.125 e. The van der Waals surface area contributed by atoms with Gasteiger partial charge in [0.15, 0.2) is 0 Å². The third-order valence-electron chi connectivity index (χ3n) is 3.58. The minimum Gasteiger partial charge on any atom is -0.497 e. The van der Waals surface area contributed by atoms with Crippen LogP contribution in [-0.4, -0.2) is 13.2 Å². The molecule has 2 N–H and O–H groups in total. The second-order valence-corrected chi connectivity index (χ2v) is 5.60. The van der Waals surface area contributed by atoms with Crippen molar-refractivity contribution in [3.63, 3.8) is 0 Å². The van der Waals surface area contributed by atoms with E-state index in [0.717, 1.165) is 36.2 Å². The highest BCUT2D eigenvalue weighted by molar-refractivity contribution is 5.50. The van der Waals surface area contributed by atoms with Crippen LogP contribution in [0, 0.1) is 11.8 Å². The van der Waals surface area contributed by atoms with Crippen molar-refractivity contribution in [1.29, 1.82) is 0 Å². The summed E-state index contributed by atoms with van der Waals surface area (Å²) < 4.78 is 11.3. The van der Waals surface area contributed by atoms with Crippen molar-refractivity contribution in [3.8, 4) is 11.5 Å². The Morgan fingerprint density at radius 2 is 1.61 bits per heavy atom. The quantitative estimate of drug-likeness (QED) is 0.834. The van der Waals surface area contributed by atoms with Gasteiger partial charge in [-0.1, -0.05) is 13.8 Å². The molecular formula is C15H23NO2. The first-order valence-corrected chi connectivity index (χ1v) is 6.68. The summed E-state index contributed by atoms with van der Waals surface area (Å²) in [5.74, 6) is 3.04. The van der Waals surface area contributed by atoms with Crippen LogP contribution in [0.1, 0.15) is 33.1 Å². The minimum absolute atomic E-state index is 0.301. The summed E-state index contributed by atoms with van der Waals surface area (Å²) in [6.07, 6.45) is 3.86. The fourth-order valence-electron chi connectivity index (χ4n) is 2.94. The summed E-state index contributed by atoms with van der Waals surface area (Å²) in [5.41, 5.74) is 6.52. The van der Waals surface area contributed by atoms with Crippen LogP contribution in [0.2, 0.25) is 0 Å². The van der Waals surface area contributed by atoms with Crippen LogP contribution in [0.5, 0.6) is 11.5 Å². The molecule has 18 heavy (non-hydrogen) atoms. The summed E-state index contributed by atoms with van der Waals surface area (Å²) in [4.78, 5) is 0. The molecule has 2 atom stereocenters. The number of nitrogens with two attached hydrogens (primary N) is 1. The van der Waals surface area contributed by atoms with Gasteiger partial charge in [-0.3, -0.25) is 0 Å². The zero-order valence-corrected chi connectivity index (χ0v) is 11.5. The van der Waals surface area contributed by atoms with Crippen molar-refractivity contribution < 1.29 is 9.47 Å². The van der Waals surface area contributed by atoms with Gasteiger partial charge in [0.05, 0.1) is 13.2 Å². The fraction of sp³-hybridized carbons (Fsp3) is 0.600. The van der Waals surface area contributed by atoms with Crippen molar-refractivity contribution in [3.05, 3.63) is 18.2 Å². The summed E-state index contributed by atoms with van der Waals surface area (Å²) in [7, 11) is 1.64. The first kappa shape index (κ1) is 13.1. The van der Waals surface area contributed by atoms with Crippen LogP contribution in [0.25, 0.3) is 0 Å². The van der Waals surface area contributed by atoms with Crippen LogP contribution in [0.15, 0.2) is 18.2 Å². The molecular weight excluding hydrogens is 226 g/mol. The van der Waals surface area contributed by atoms with Crippen molar-refractivity contribution in [2.24, 2.45) is 11.8 Å². The van der Waals surface area contributed by atoms with Crippen molar-refractivity contribution in [2.75, 3.05) is 12.8 Å². The lowest BCUT2D eigenvalue weighted by Gasteiger charge is -2.31. The van der Waals surface area contributed by atoms with E-state index < -0.39 is 0 Å². The van der Waals surface area contributed by atoms with E-state index in [1.165, 1.54) is 6.42 Å². The summed E-state index contributed by atoms with van der Waals surface area (Å²) in [6, 6.07) is 5.58. The van der Waals surface area contributed by atoms with Crippen LogP contribution in [0.4, 0.5) is 5.69 Å². The van der Waals surface area contributed by atoms with E-state index in [2.05, 4.69) is 13.8 Å². The Balaban J connectivity index is 2.06. The van der Waals surface area contributed by atoms with Crippen LogP contribution in [-0.2, 0) is 0 Å². The molecule has 1 aromatic carbocycles. The molecule has 3 nitrogen and oxygen atoms in total. The molecule has 0 saturated heterocycles. The molecule has 0 radical (unpaired) electrons. The van der Waals surface area contributed by atoms with Gasteiger partial charge in [-0.2, -0.15) is 0 Å². The summed E-state index contributed by atoms with van der Waals surface area (Å²) in [6.45, 7) is 4.60. The first-order valence-electron chi connectivity index (χ1n) is 6.68. The standard InChI is InChI=1S/C15H23NO2/c1-10-4-11(2)6-14(5-10)18-15-8-12(16)7-13(9-15)17-3/h7-11,14H,4-6,16H2,1-3H3. The van der Waals surface area contributed by atoms with Gasteiger partial charge in [0.1, 0.15) is 11.5 Å². The monoisotopic (exact) mass is 249 g/mol. The number of rotatable bonds is 3. The molecule has 1 aliphatic rings. The molecule has 1 saturated carbocycles. The maximum atomic E-state index is 6.06. The molecule has 0 spiro atoms. The maximum absolute atomic E-state index is 6.06. The number of hydrogen-bond donors (Lipinski definition) is 1. The van der Waals surface area contributed by atoms with Gasteiger partial charge < -0.3 is 15.2 Å². The average Bonchev–Trinajstić information content (AvgIpc) is 2.26. The molecule has 0 heterocycles. The average molecular weight is 249 g/mol. The van der Waals surface area contributed by atoms with Gasteiger partial charge in [0.2, 0.25) is 0 Å². The lowest BCUT2D eigenvalue weighted by molar-refractivity contribution is 0.101. The zero-order chi connectivity index (χ0) is 13.1. The lowest BCUT2D eigenvalue weighted by atomic mass is 9.82. The van der Waals surface area contributed by atoms with Crippen molar-refractivity contribution in [1.82, 2.24) is 0 Å². The van der Waals surface area contributed by atoms with Crippen molar-refractivity contribution >= 4 is 5.69 Å². The van der Waals surface area contributed by atoms with E-state index in [-0.39, 0.29) is 0 Å². The zero-order valence-electron chi connectivity index (χ0n) is 11.5. The van der Waals surface area contributed by atoms with E-state index >= 15 is 0 Å². The number of benzene rings is 1. The molecule has 0 aromatic heterocycles. The van der Waals surface area contributed by atoms with E-state index in [1.807, 2.05) is 12.1 Å². The Morgan fingerprint density at radius 3 is 2.22 bits per heavy atom.